The van der Waals surface area contributed by atoms with Crippen LogP contribution in [0.4, 0.5) is 19.0 Å². The zero-order valence-corrected chi connectivity index (χ0v) is 7.24. The van der Waals surface area contributed by atoms with Gasteiger partial charge in [-0.15, -0.1) is 0 Å². The topological polar surface area (TPSA) is 37.8 Å². The first-order valence-corrected chi connectivity index (χ1v) is 3.60. The van der Waals surface area contributed by atoms with Crippen molar-refractivity contribution in [2.24, 2.45) is 0 Å². The highest BCUT2D eigenvalue weighted by Crippen LogP contribution is 2.33. The summed E-state index contributed by atoms with van der Waals surface area (Å²) in [5, 5.41) is 1.02. The van der Waals surface area contributed by atoms with Crippen molar-refractivity contribution in [2.75, 3.05) is 11.8 Å². The fraction of sp³-hybridized carbons (Fsp3) is 0.429. The summed E-state index contributed by atoms with van der Waals surface area (Å²) >= 11 is 5.32. The van der Waals surface area contributed by atoms with Crippen LogP contribution in [0.3, 0.4) is 0 Å². The molecule has 0 saturated heterocycles. The molecule has 1 rings (SSSR count). The lowest BCUT2D eigenvalue weighted by Crippen LogP contribution is -2.13. The molecule has 0 radical (unpaired) electrons. The van der Waals surface area contributed by atoms with E-state index in [1.165, 1.54) is 0 Å². The van der Waals surface area contributed by atoms with Crippen LogP contribution in [0.1, 0.15) is 19.3 Å². The SMILES string of the molecule is [2H]C([2H])([2H])C([2H])([2H])Nc1nc(Cl)ncc1C(F)(F)F. The number of rotatable bonds is 2. The molecule has 14 heavy (non-hydrogen) atoms. The van der Waals surface area contributed by atoms with Gasteiger partial charge in [0.25, 0.3) is 0 Å². The van der Waals surface area contributed by atoms with E-state index < -0.39 is 36.2 Å². The normalized spacial score (nSPS) is 18.7. The predicted molar refractivity (Wildman–Crippen MR) is 46.2 cm³/mol. The van der Waals surface area contributed by atoms with E-state index in [9.17, 15) is 13.2 Å². The van der Waals surface area contributed by atoms with Crippen molar-refractivity contribution in [1.29, 1.82) is 0 Å². The number of nitrogens with zero attached hydrogens (tertiary/aromatic N) is 2. The lowest BCUT2D eigenvalue weighted by molar-refractivity contribution is -0.137. The highest BCUT2D eigenvalue weighted by Gasteiger charge is 2.34. The van der Waals surface area contributed by atoms with E-state index >= 15 is 0 Å². The molecular weight excluding hydrogens is 219 g/mol. The van der Waals surface area contributed by atoms with Gasteiger partial charge in [-0.2, -0.15) is 13.2 Å². The minimum absolute atomic E-state index is 0.341. The quantitative estimate of drug-likeness (QED) is 0.794. The first kappa shape index (κ1) is 5.75. The Morgan fingerprint density at radius 1 is 1.71 bits per heavy atom. The van der Waals surface area contributed by atoms with Crippen molar-refractivity contribution in [2.45, 2.75) is 13.0 Å². The minimum Gasteiger partial charge on any atom is -0.370 e. The average Bonchev–Trinajstić information content (AvgIpc) is 2.12. The third-order valence-corrected chi connectivity index (χ3v) is 1.43. The van der Waals surface area contributed by atoms with Gasteiger partial charge >= 0.3 is 6.18 Å². The Morgan fingerprint density at radius 3 is 3.00 bits per heavy atom. The van der Waals surface area contributed by atoms with E-state index in [2.05, 4.69) is 9.97 Å². The second-order valence-electron chi connectivity index (χ2n) is 2.15. The summed E-state index contributed by atoms with van der Waals surface area (Å²) in [5.74, 6) is -1.03. The smallest absolute Gasteiger partial charge is 0.370 e. The van der Waals surface area contributed by atoms with Crippen molar-refractivity contribution >= 4 is 17.4 Å². The highest BCUT2D eigenvalue weighted by molar-refractivity contribution is 6.28. The van der Waals surface area contributed by atoms with E-state index in [0.717, 1.165) is 0 Å². The number of hydrogen-bond donors (Lipinski definition) is 1. The molecule has 0 aliphatic heterocycles. The number of hydrogen-bond acceptors (Lipinski definition) is 3. The van der Waals surface area contributed by atoms with Crippen LogP contribution in [-0.2, 0) is 6.18 Å². The van der Waals surface area contributed by atoms with Crippen LogP contribution in [0.5, 0.6) is 0 Å². The van der Waals surface area contributed by atoms with Gasteiger partial charge in [0, 0.05) is 19.5 Å². The number of alkyl halides is 3. The van der Waals surface area contributed by atoms with Crippen LogP contribution >= 0.6 is 11.6 Å². The zero-order chi connectivity index (χ0) is 15.1. The maximum Gasteiger partial charge on any atom is 0.421 e. The van der Waals surface area contributed by atoms with Gasteiger partial charge in [0.15, 0.2) is 0 Å². The van der Waals surface area contributed by atoms with Crippen molar-refractivity contribution < 1.29 is 20.0 Å². The van der Waals surface area contributed by atoms with E-state index in [1.54, 1.807) is 5.32 Å². The fourth-order valence-electron chi connectivity index (χ4n) is 0.722. The van der Waals surface area contributed by atoms with Gasteiger partial charge in [-0.25, -0.2) is 9.97 Å². The Labute approximate surface area is 90.3 Å². The Morgan fingerprint density at radius 2 is 2.43 bits per heavy atom. The summed E-state index contributed by atoms with van der Waals surface area (Å²) in [5.41, 5.74) is -1.41. The highest BCUT2D eigenvalue weighted by atomic mass is 35.5. The molecule has 0 aliphatic rings. The van der Waals surface area contributed by atoms with Crippen LogP contribution in [0.25, 0.3) is 0 Å². The van der Waals surface area contributed by atoms with Gasteiger partial charge in [-0.05, 0) is 18.5 Å². The Bertz CT molecular complexity index is 476. The van der Waals surface area contributed by atoms with E-state index in [0.29, 0.717) is 6.20 Å². The van der Waals surface area contributed by atoms with Crippen molar-refractivity contribution in [1.82, 2.24) is 9.97 Å². The molecule has 0 fully saturated rings. The zero-order valence-electron chi connectivity index (χ0n) is 11.5. The number of aromatic nitrogens is 2. The molecule has 78 valence electrons. The molecule has 0 amide bonds. The summed E-state index contributed by atoms with van der Waals surface area (Å²) in [6, 6.07) is 0. The predicted octanol–water partition coefficient (Wildman–Crippen LogP) is 2.58. The maximum absolute atomic E-state index is 12.6. The van der Waals surface area contributed by atoms with E-state index in [1.807, 2.05) is 0 Å². The average molecular weight is 231 g/mol. The molecule has 1 N–H and O–H groups in total. The molecular formula is C7H7ClF3N3. The molecule has 0 unspecified atom stereocenters. The second kappa shape index (κ2) is 4.00. The second-order valence-corrected chi connectivity index (χ2v) is 2.49. The lowest BCUT2D eigenvalue weighted by atomic mass is 10.3. The van der Waals surface area contributed by atoms with Gasteiger partial charge in [0.2, 0.25) is 5.28 Å². The van der Waals surface area contributed by atoms with Crippen molar-refractivity contribution in [3.63, 3.8) is 0 Å². The van der Waals surface area contributed by atoms with Crippen molar-refractivity contribution in [3.8, 4) is 0 Å². The first-order valence-electron chi connectivity index (χ1n) is 5.72. The monoisotopic (exact) mass is 230 g/mol. The first-order chi connectivity index (χ1) is 8.34. The summed E-state index contributed by atoms with van der Waals surface area (Å²) in [4.78, 5) is 6.30. The molecule has 0 atom stereocenters. The maximum atomic E-state index is 12.6. The molecule has 0 spiro atoms. The molecule has 0 saturated carbocycles. The Kier molecular flexibility index (Phi) is 1.64. The van der Waals surface area contributed by atoms with Crippen LogP contribution in [-0.4, -0.2) is 16.5 Å². The van der Waals surface area contributed by atoms with Crippen LogP contribution in [0.15, 0.2) is 6.20 Å². The lowest BCUT2D eigenvalue weighted by Gasteiger charge is -2.11. The summed E-state index contributed by atoms with van der Waals surface area (Å²) < 4.78 is 73.0. The molecule has 1 aromatic heterocycles. The largest absolute Gasteiger partial charge is 0.421 e. The molecule has 1 heterocycles. The van der Waals surface area contributed by atoms with Gasteiger partial charge in [-0.1, -0.05) is 0 Å². The molecule has 3 nitrogen and oxygen atoms in total. The van der Waals surface area contributed by atoms with Crippen molar-refractivity contribution in [3.05, 3.63) is 17.0 Å². The third-order valence-electron chi connectivity index (χ3n) is 1.25. The van der Waals surface area contributed by atoms with Gasteiger partial charge in [0.1, 0.15) is 11.4 Å². The molecule has 0 aliphatic carbocycles. The third kappa shape index (κ3) is 2.47. The van der Waals surface area contributed by atoms with Gasteiger partial charge in [0.05, 0.1) is 0 Å². The fourth-order valence-corrected chi connectivity index (χ4v) is 0.856. The standard InChI is InChI=1S/C7H7ClF3N3/c1-2-12-5-4(7(9,10)11)3-13-6(8)14-5/h3H,2H2,1H3,(H,12,13,14)/i1D3,2D2. The Balaban J connectivity index is 3.24. The molecule has 1 aromatic rings. The molecule has 7 heteroatoms. The number of nitrogens with one attached hydrogen (secondary N) is 1. The van der Waals surface area contributed by atoms with Crippen LogP contribution < -0.4 is 5.32 Å². The van der Waals surface area contributed by atoms with Gasteiger partial charge < -0.3 is 5.32 Å². The molecule has 0 bridgehead atoms. The van der Waals surface area contributed by atoms with E-state index in [4.69, 9.17) is 18.5 Å². The van der Waals surface area contributed by atoms with Crippen LogP contribution in [0.2, 0.25) is 5.28 Å². The van der Waals surface area contributed by atoms with Gasteiger partial charge in [-0.3, -0.25) is 0 Å². The Hall–Kier alpha value is -1.04. The molecule has 0 aromatic carbocycles. The van der Waals surface area contributed by atoms with E-state index in [-0.39, 0.29) is 0 Å². The van der Waals surface area contributed by atoms with Crippen LogP contribution in [0, 0.1) is 0 Å². The number of anilines is 1. The summed E-state index contributed by atoms with van der Waals surface area (Å²) in [6.45, 7) is -6.29. The minimum atomic E-state index is -4.88. The summed E-state index contributed by atoms with van der Waals surface area (Å²) in [6.07, 6.45) is -4.54. The number of halogens is 4. The summed E-state index contributed by atoms with van der Waals surface area (Å²) in [7, 11) is 0.